The predicted octanol–water partition coefficient (Wildman–Crippen LogP) is 11.3. The molecule has 3 heterocycles. The predicted molar refractivity (Wildman–Crippen MR) is 200 cm³/mol. The molecule has 4 heteroatoms. The Morgan fingerprint density at radius 3 is 1.88 bits per heavy atom. The first kappa shape index (κ1) is 25.6. The molecular formula is C44H26N4. The van der Waals surface area contributed by atoms with Crippen LogP contribution in [0.1, 0.15) is 0 Å². The van der Waals surface area contributed by atoms with E-state index in [9.17, 15) is 0 Å². The summed E-state index contributed by atoms with van der Waals surface area (Å²) in [6.07, 6.45) is 0. The zero-order valence-corrected chi connectivity index (χ0v) is 25.8. The molecule has 0 radical (unpaired) electrons. The van der Waals surface area contributed by atoms with E-state index in [1.807, 2.05) is 6.07 Å². The van der Waals surface area contributed by atoms with Gasteiger partial charge in [0, 0.05) is 16.2 Å². The molecule has 4 nitrogen and oxygen atoms in total. The summed E-state index contributed by atoms with van der Waals surface area (Å²) in [4.78, 5) is 10.5. The number of benzene rings is 8. The van der Waals surface area contributed by atoms with Gasteiger partial charge in [0.15, 0.2) is 0 Å². The van der Waals surface area contributed by atoms with Gasteiger partial charge in [-0.1, -0.05) is 115 Å². The van der Waals surface area contributed by atoms with Crippen LogP contribution in [0, 0.1) is 0 Å². The van der Waals surface area contributed by atoms with Crippen LogP contribution in [-0.4, -0.2) is 18.9 Å². The third-order valence-corrected chi connectivity index (χ3v) is 10.1. The highest BCUT2D eigenvalue weighted by molar-refractivity contribution is 6.21. The third-order valence-electron chi connectivity index (χ3n) is 10.1. The summed E-state index contributed by atoms with van der Waals surface area (Å²) >= 11 is 0. The van der Waals surface area contributed by atoms with Crippen molar-refractivity contribution in [3.8, 4) is 17.1 Å². The summed E-state index contributed by atoms with van der Waals surface area (Å²) in [5.41, 5.74) is 8.43. The van der Waals surface area contributed by atoms with Gasteiger partial charge in [-0.05, 0) is 85.9 Å². The molecule has 0 saturated carbocycles. The van der Waals surface area contributed by atoms with Crippen molar-refractivity contribution in [2.24, 2.45) is 0 Å². The topological polar surface area (TPSA) is 35.1 Å². The van der Waals surface area contributed by atoms with E-state index in [-0.39, 0.29) is 0 Å². The van der Waals surface area contributed by atoms with E-state index in [4.69, 9.17) is 9.97 Å². The maximum absolute atomic E-state index is 5.38. The van der Waals surface area contributed by atoms with Crippen molar-refractivity contribution < 1.29 is 0 Å². The van der Waals surface area contributed by atoms with Crippen LogP contribution in [0.2, 0.25) is 0 Å². The molecule has 0 fully saturated rings. The lowest BCUT2D eigenvalue weighted by atomic mass is 9.90. The Hall–Kier alpha value is -6.52. The Morgan fingerprint density at radius 2 is 1.00 bits per heavy atom. The van der Waals surface area contributed by atoms with Crippen molar-refractivity contribution in [2.75, 3.05) is 0 Å². The Morgan fingerprint density at radius 1 is 0.375 bits per heavy atom. The molecule has 11 aromatic rings. The van der Waals surface area contributed by atoms with Gasteiger partial charge in [-0.25, -0.2) is 9.97 Å². The number of hydrogen-bond acceptors (Lipinski definition) is 2. The largest absolute Gasteiger partial charge is 0.279 e. The highest BCUT2D eigenvalue weighted by atomic mass is 15.2. The molecular weight excluding hydrogens is 585 g/mol. The number of fused-ring (bicyclic) bond motifs is 13. The zero-order valence-electron chi connectivity index (χ0n) is 25.8. The highest BCUT2D eigenvalue weighted by Crippen LogP contribution is 2.41. The van der Waals surface area contributed by atoms with E-state index in [2.05, 4.69) is 161 Å². The molecule has 0 aliphatic rings. The Balaban J connectivity index is 1.29. The van der Waals surface area contributed by atoms with Crippen LogP contribution < -0.4 is 0 Å². The minimum Gasteiger partial charge on any atom is -0.279 e. The first-order valence-corrected chi connectivity index (χ1v) is 16.3. The smallest absolute Gasteiger partial charge is 0.221 e. The zero-order chi connectivity index (χ0) is 31.3. The third kappa shape index (κ3) is 3.43. The average Bonchev–Trinajstić information content (AvgIpc) is 3.70. The summed E-state index contributed by atoms with van der Waals surface area (Å²) in [7, 11) is 0. The van der Waals surface area contributed by atoms with Gasteiger partial charge >= 0.3 is 0 Å². The molecule has 0 unspecified atom stereocenters. The van der Waals surface area contributed by atoms with E-state index in [0.29, 0.717) is 0 Å². The summed E-state index contributed by atoms with van der Waals surface area (Å²) in [6, 6.07) is 56.7. The van der Waals surface area contributed by atoms with Crippen molar-refractivity contribution in [3.63, 3.8) is 0 Å². The molecule has 8 aromatic carbocycles. The molecule has 0 atom stereocenters. The van der Waals surface area contributed by atoms with E-state index < -0.39 is 0 Å². The highest BCUT2D eigenvalue weighted by Gasteiger charge is 2.21. The monoisotopic (exact) mass is 610 g/mol. The van der Waals surface area contributed by atoms with E-state index in [1.165, 1.54) is 54.2 Å². The molecule has 0 spiro atoms. The van der Waals surface area contributed by atoms with Gasteiger partial charge in [-0.15, -0.1) is 0 Å². The SMILES string of the molecule is c1ccc2c(c1)ccc1c3ccccc3c(-c3ccc4c5ccccc5n(-c5nc6ccccc6c6nc7ccccc7n56)c4c3)cc21. The fourth-order valence-electron chi connectivity index (χ4n) is 7.93. The Labute approximate surface area is 274 Å². The maximum atomic E-state index is 5.38. The number of hydrogen-bond donors (Lipinski definition) is 0. The fourth-order valence-corrected chi connectivity index (χ4v) is 7.93. The summed E-state index contributed by atoms with van der Waals surface area (Å²) < 4.78 is 4.56. The molecule has 0 bridgehead atoms. The second kappa shape index (κ2) is 9.50. The first-order valence-electron chi connectivity index (χ1n) is 16.3. The van der Waals surface area contributed by atoms with Crippen LogP contribution in [0.25, 0.3) is 98.8 Å². The lowest BCUT2D eigenvalue weighted by molar-refractivity contribution is 0.979. The van der Waals surface area contributed by atoms with Crippen molar-refractivity contribution in [1.29, 1.82) is 0 Å². The van der Waals surface area contributed by atoms with Gasteiger partial charge in [-0.3, -0.25) is 8.97 Å². The number of para-hydroxylation sites is 4. The molecule has 11 rings (SSSR count). The molecule has 0 N–H and O–H groups in total. The number of nitrogens with zero attached hydrogens (tertiary/aromatic N) is 4. The van der Waals surface area contributed by atoms with Crippen molar-refractivity contribution in [3.05, 3.63) is 158 Å². The van der Waals surface area contributed by atoms with Gasteiger partial charge in [-0.2, -0.15) is 0 Å². The second-order valence-electron chi connectivity index (χ2n) is 12.6. The maximum Gasteiger partial charge on any atom is 0.221 e. The molecule has 222 valence electrons. The van der Waals surface area contributed by atoms with Gasteiger partial charge in [0.25, 0.3) is 0 Å². The van der Waals surface area contributed by atoms with Crippen LogP contribution in [0.3, 0.4) is 0 Å². The van der Waals surface area contributed by atoms with Crippen molar-refractivity contribution in [1.82, 2.24) is 18.9 Å². The van der Waals surface area contributed by atoms with E-state index >= 15 is 0 Å². The van der Waals surface area contributed by atoms with Crippen LogP contribution in [-0.2, 0) is 0 Å². The molecule has 0 saturated heterocycles. The minimum atomic E-state index is 0.829. The first-order chi connectivity index (χ1) is 23.8. The second-order valence-corrected chi connectivity index (χ2v) is 12.6. The van der Waals surface area contributed by atoms with E-state index in [1.54, 1.807) is 0 Å². The number of imidazole rings is 1. The van der Waals surface area contributed by atoms with Crippen molar-refractivity contribution in [2.45, 2.75) is 0 Å². The molecule has 48 heavy (non-hydrogen) atoms. The van der Waals surface area contributed by atoms with E-state index in [0.717, 1.165) is 44.6 Å². The normalized spacial score (nSPS) is 12.2. The van der Waals surface area contributed by atoms with Gasteiger partial charge in [0.05, 0.1) is 27.6 Å². The standard InChI is InChI=1S/C44H26N4/c1-2-12-29-27(11-1)21-23-32-30-13-3-4-14-31(30)36(26-37(29)32)28-22-24-34-33-15-6-9-19-40(33)47(42(34)25-28)44-46-38-17-7-5-16-35(38)43-45-39-18-8-10-20-41(39)48(43)44/h1-26H. The van der Waals surface area contributed by atoms with Crippen LogP contribution in [0.15, 0.2) is 158 Å². The van der Waals surface area contributed by atoms with Crippen molar-refractivity contribution >= 4 is 81.7 Å². The lowest BCUT2D eigenvalue weighted by Gasteiger charge is -2.15. The Bertz CT molecular complexity index is 3130. The molecule has 0 aliphatic carbocycles. The quantitative estimate of drug-likeness (QED) is 0.183. The Kier molecular flexibility index (Phi) is 5.08. The summed E-state index contributed by atoms with van der Waals surface area (Å²) in [5.74, 6) is 0.829. The molecule has 0 amide bonds. The van der Waals surface area contributed by atoms with Crippen LogP contribution in [0.4, 0.5) is 0 Å². The van der Waals surface area contributed by atoms with Crippen LogP contribution in [0.5, 0.6) is 0 Å². The molecule has 0 aliphatic heterocycles. The molecule has 3 aromatic heterocycles. The van der Waals surface area contributed by atoms with Crippen LogP contribution >= 0.6 is 0 Å². The number of aromatic nitrogens is 4. The summed E-state index contributed by atoms with van der Waals surface area (Å²) in [6.45, 7) is 0. The number of rotatable bonds is 2. The average molecular weight is 611 g/mol. The summed E-state index contributed by atoms with van der Waals surface area (Å²) in [5, 5.41) is 11.0. The fraction of sp³-hybridized carbons (Fsp3) is 0. The lowest BCUT2D eigenvalue weighted by Crippen LogP contribution is -2.06. The van der Waals surface area contributed by atoms with Gasteiger partial charge < -0.3 is 0 Å². The van der Waals surface area contributed by atoms with Gasteiger partial charge in [0.2, 0.25) is 5.95 Å². The van der Waals surface area contributed by atoms with Gasteiger partial charge in [0.1, 0.15) is 5.65 Å². The minimum absolute atomic E-state index is 0.829.